The molecule has 0 bridgehead atoms. The molecule has 3 nitrogen and oxygen atoms in total. The zero-order valence-corrected chi connectivity index (χ0v) is 17.5. The minimum absolute atomic E-state index is 0.0267. The Balaban J connectivity index is 1.93. The van der Waals surface area contributed by atoms with Crippen LogP contribution in [0.5, 0.6) is 5.75 Å². The lowest BCUT2D eigenvalue weighted by molar-refractivity contribution is -0.123. The van der Waals surface area contributed by atoms with Gasteiger partial charge in [-0.25, -0.2) is 0 Å². The molecule has 2 aromatic rings. The second-order valence-corrected chi connectivity index (χ2v) is 8.11. The number of hydrogen-bond donors (Lipinski definition) is 1. The van der Waals surface area contributed by atoms with Crippen molar-refractivity contribution in [2.45, 2.75) is 59.9 Å². The van der Waals surface area contributed by atoms with Crippen LogP contribution in [0, 0.1) is 12.8 Å². The van der Waals surface area contributed by atoms with Crippen molar-refractivity contribution >= 4 is 5.91 Å². The van der Waals surface area contributed by atoms with E-state index < -0.39 is 0 Å². The molecule has 2 aromatic carbocycles. The van der Waals surface area contributed by atoms with E-state index in [1.54, 1.807) is 0 Å². The van der Waals surface area contributed by atoms with Crippen LogP contribution in [0.3, 0.4) is 0 Å². The molecule has 0 aromatic heterocycles. The summed E-state index contributed by atoms with van der Waals surface area (Å²) in [4.78, 5) is 12.3. The summed E-state index contributed by atoms with van der Waals surface area (Å²) in [6.45, 7) is 12.7. The van der Waals surface area contributed by atoms with Crippen LogP contribution in [0.4, 0.5) is 0 Å². The standard InChI is InChI=1S/C24H33NO2/c1-16(2)13-20-8-10-21(11-9-20)19(6)25-24(26)15-27-23-14-18(5)7-12-22(23)17(3)4/h7-12,14,16-17,19H,13,15H2,1-6H3,(H,25,26)/t19-/m1/s1. The van der Waals surface area contributed by atoms with E-state index in [-0.39, 0.29) is 18.6 Å². The van der Waals surface area contributed by atoms with Gasteiger partial charge in [0.25, 0.3) is 5.91 Å². The first-order valence-electron chi connectivity index (χ1n) is 9.87. The topological polar surface area (TPSA) is 38.3 Å². The van der Waals surface area contributed by atoms with E-state index in [1.807, 2.05) is 19.9 Å². The van der Waals surface area contributed by atoms with Crippen LogP contribution in [0.1, 0.15) is 68.8 Å². The normalized spacial score (nSPS) is 12.3. The fourth-order valence-corrected chi connectivity index (χ4v) is 3.17. The summed E-state index contributed by atoms with van der Waals surface area (Å²) >= 11 is 0. The van der Waals surface area contributed by atoms with Gasteiger partial charge in [0.05, 0.1) is 6.04 Å². The van der Waals surface area contributed by atoms with Gasteiger partial charge in [0.1, 0.15) is 5.75 Å². The van der Waals surface area contributed by atoms with Crippen molar-refractivity contribution < 1.29 is 9.53 Å². The average Bonchev–Trinajstić information content (AvgIpc) is 2.59. The fraction of sp³-hybridized carbons (Fsp3) is 0.458. The van der Waals surface area contributed by atoms with E-state index in [4.69, 9.17) is 4.74 Å². The van der Waals surface area contributed by atoms with E-state index in [0.29, 0.717) is 11.8 Å². The fourth-order valence-electron chi connectivity index (χ4n) is 3.17. The second-order valence-electron chi connectivity index (χ2n) is 8.11. The van der Waals surface area contributed by atoms with Gasteiger partial charge in [0.2, 0.25) is 0 Å². The number of carbonyl (C=O) groups is 1. The second kappa shape index (κ2) is 9.59. The molecule has 0 spiro atoms. The lowest BCUT2D eigenvalue weighted by Crippen LogP contribution is -2.31. The van der Waals surface area contributed by atoms with E-state index in [9.17, 15) is 4.79 Å². The summed E-state index contributed by atoms with van der Waals surface area (Å²) in [5.74, 6) is 1.69. The van der Waals surface area contributed by atoms with Crippen LogP contribution in [-0.4, -0.2) is 12.5 Å². The molecule has 2 rings (SSSR count). The highest BCUT2D eigenvalue weighted by Gasteiger charge is 2.13. The van der Waals surface area contributed by atoms with E-state index >= 15 is 0 Å². The number of amides is 1. The third-order valence-corrected chi connectivity index (χ3v) is 4.65. The van der Waals surface area contributed by atoms with Crippen LogP contribution >= 0.6 is 0 Å². The molecule has 27 heavy (non-hydrogen) atoms. The Morgan fingerprint density at radius 2 is 1.67 bits per heavy atom. The highest BCUT2D eigenvalue weighted by Crippen LogP contribution is 2.27. The number of hydrogen-bond acceptors (Lipinski definition) is 2. The Hall–Kier alpha value is -2.29. The molecular weight excluding hydrogens is 334 g/mol. The van der Waals surface area contributed by atoms with Gasteiger partial charge in [-0.15, -0.1) is 0 Å². The van der Waals surface area contributed by atoms with Crippen LogP contribution in [0.25, 0.3) is 0 Å². The number of rotatable bonds is 8. The monoisotopic (exact) mass is 367 g/mol. The molecule has 1 atom stereocenters. The van der Waals surface area contributed by atoms with Crippen molar-refractivity contribution in [1.29, 1.82) is 0 Å². The van der Waals surface area contributed by atoms with Crippen molar-refractivity contribution in [3.8, 4) is 5.75 Å². The zero-order valence-electron chi connectivity index (χ0n) is 17.5. The maximum Gasteiger partial charge on any atom is 0.258 e. The summed E-state index contributed by atoms with van der Waals surface area (Å²) in [7, 11) is 0. The average molecular weight is 368 g/mol. The molecule has 0 saturated heterocycles. The number of nitrogens with one attached hydrogen (secondary N) is 1. The Kier molecular flexibility index (Phi) is 7.46. The molecule has 0 fully saturated rings. The first kappa shape index (κ1) is 21.0. The third-order valence-electron chi connectivity index (χ3n) is 4.65. The lowest BCUT2D eigenvalue weighted by atomic mass is 10.00. The van der Waals surface area contributed by atoms with Gasteiger partial charge < -0.3 is 10.1 Å². The Morgan fingerprint density at radius 3 is 2.26 bits per heavy atom. The highest BCUT2D eigenvalue weighted by molar-refractivity contribution is 5.78. The van der Waals surface area contributed by atoms with Gasteiger partial charge >= 0.3 is 0 Å². The van der Waals surface area contributed by atoms with Crippen molar-refractivity contribution in [2.75, 3.05) is 6.61 Å². The summed E-state index contributed by atoms with van der Waals surface area (Å²) < 4.78 is 5.83. The SMILES string of the molecule is Cc1ccc(C(C)C)c(OCC(=O)N[C@H](C)c2ccc(CC(C)C)cc2)c1. The van der Waals surface area contributed by atoms with Crippen LogP contribution < -0.4 is 10.1 Å². The molecule has 0 aliphatic rings. The Labute approximate surface area is 164 Å². The maximum absolute atomic E-state index is 12.3. The molecule has 1 N–H and O–H groups in total. The summed E-state index contributed by atoms with van der Waals surface area (Å²) in [6.07, 6.45) is 1.07. The molecule has 0 saturated carbocycles. The molecule has 1 amide bonds. The van der Waals surface area contributed by atoms with Crippen molar-refractivity contribution in [2.24, 2.45) is 5.92 Å². The number of aryl methyl sites for hydroxylation is 1. The lowest BCUT2D eigenvalue weighted by Gasteiger charge is -2.17. The Morgan fingerprint density at radius 1 is 1.00 bits per heavy atom. The van der Waals surface area contributed by atoms with Gasteiger partial charge in [0.15, 0.2) is 6.61 Å². The maximum atomic E-state index is 12.3. The van der Waals surface area contributed by atoms with Gasteiger partial charge in [-0.05, 0) is 60.4 Å². The summed E-state index contributed by atoms with van der Waals surface area (Å²) in [5.41, 5.74) is 4.69. The Bertz CT molecular complexity index is 747. The van der Waals surface area contributed by atoms with Gasteiger partial charge in [-0.1, -0.05) is 64.1 Å². The summed E-state index contributed by atoms with van der Waals surface area (Å²) in [6, 6.07) is 14.6. The minimum atomic E-state index is -0.107. The molecule has 3 heteroatoms. The molecule has 0 unspecified atom stereocenters. The number of carbonyl (C=O) groups excluding carboxylic acids is 1. The van der Waals surface area contributed by atoms with Gasteiger partial charge in [-0.2, -0.15) is 0 Å². The third kappa shape index (κ3) is 6.42. The number of benzene rings is 2. The van der Waals surface area contributed by atoms with Crippen LogP contribution in [0.15, 0.2) is 42.5 Å². The first-order chi connectivity index (χ1) is 12.8. The molecular formula is C24H33NO2. The molecule has 0 aliphatic carbocycles. The summed E-state index contributed by atoms with van der Waals surface area (Å²) in [5, 5.41) is 3.03. The predicted octanol–water partition coefficient (Wildman–Crippen LogP) is 5.57. The molecule has 0 aliphatic heterocycles. The predicted molar refractivity (Wildman–Crippen MR) is 112 cm³/mol. The van der Waals surface area contributed by atoms with E-state index in [1.165, 1.54) is 5.56 Å². The first-order valence-corrected chi connectivity index (χ1v) is 9.87. The molecule has 0 heterocycles. The van der Waals surface area contributed by atoms with Crippen molar-refractivity contribution in [3.63, 3.8) is 0 Å². The van der Waals surface area contributed by atoms with E-state index in [0.717, 1.165) is 28.9 Å². The smallest absolute Gasteiger partial charge is 0.258 e. The van der Waals surface area contributed by atoms with Crippen molar-refractivity contribution in [3.05, 3.63) is 64.7 Å². The largest absolute Gasteiger partial charge is 0.483 e. The quantitative estimate of drug-likeness (QED) is 0.662. The van der Waals surface area contributed by atoms with Crippen LogP contribution in [-0.2, 0) is 11.2 Å². The number of ether oxygens (including phenoxy) is 1. The van der Waals surface area contributed by atoms with Gasteiger partial charge in [-0.3, -0.25) is 4.79 Å². The minimum Gasteiger partial charge on any atom is -0.483 e. The van der Waals surface area contributed by atoms with E-state index in [2.05, 4.69) is 69.4 Å². The zero-order chi connectivity index (χ0) is 20.0. The van der Waals surface area contributed by atoms with Gasteiger partial charge in [0, 0.05) is 0 Å². The van der Waals surface area contributed by atoms with Crippen LogP contribution in [0.2, 0.25) is 0 Å². The highest BCUT2D eigenvalue weighted by atomic mass is 16.5. The molecule has 0 radical (unpaired) electrons. The van der Waals surface area contributed by atoms with Crippen molar-refractivity contribution in [1.82, 2.24) is 5.32 Å². The molecule has 146 valence electrons.